The van der Waals surface area contributed by atoms with Gasteiger partial charge in [-0.05, 0) is 30.5 Å². The minimum Gasteiger partial charge on any atom is -0.207 e. The highest BCUT2D eigenvalue weighted by molar-refractivity contribution is 7.89. The summed E-state index contributed by atoms with van der Waals surface area (Å²) in [6.07, 6.45) is 8.74. The molecule has 0 bridgehead atoms. The van der Waals surface area contributed by atoms with Gasteiger partial charge in [0, 0.05) is 13.1 Å². The molecule has 0 atom stereocenters. The molecule has 1 aromatic rings. The molecule has 0 N–H and O–H groups in total. The number of benzene rings is 1. The predicted molar refractivity (Wildman–Crippen MR) is 93.6 cm³/mol. The van der Waals surface area contributed by atoms with E-state index in [2.05, 4.69) is 6.92 Å². The second-order valence-electron chi connectivity index (χ2n) is 5.75. The molecule has 0 aromatic heterocycles. The molecule has 0 aliphatic carbocycles. The maximum absolute atomic E-state index is 12.4. The Bertz CT molecular complexity index is 504. The van der Waals surface area contributed by atoms with Gasteiger partial charge in [-0.2, -0.15) is 4.31 Å². The average molecular weight is 326 g/mol. The van der Waals surface area contributed by atoms with E-state index in [1.807, 2.05) is 26.0 Å². The van der Waals surface area contributed by atoms with Crippen molar-refractivity contribution in [3.63, 3.8) is 0 Å². The van der Waals surface area contributed by atoms with Crippen LogP contribution in [-0.2, 0) is 16.4 Å². The molecule has 1 rings (SSSR count). The highest BCUT2D eigenvalue weighted by atomic mass is 32.2. The van der Waals surface area contributed by atoms with Crippen LogP contribution >= 0.6 is 0 Å². The Hall–Kier alpha value is -0.870. The Morgan fingerprint density at radius 1 is 0.818 bits per heavy atom. The highest BCUT2D eigenvalue weighted by Gasteiger charge is 2.20. The van der Waals surface area contributed by atoms with Gasteiger partial charge < -0.3 is 0 Å². The molecule has 0 spiro atoms. The summed E-state index contributed by atoms with van der Waals surface area (Å²) in [5.41, 5.74) is 1.23. The lowest BCUT2D eigenvalue weighted by Gasteiger charge is -2.18. The van der Waals surface area contributed by atoms with Crippen molar-refractivity contribution in [1.82, 2.24) is 4.31 Å². The van der Waals surface area contributed by atoms with E-state index < -0.39 is 10.0 Å². The summed E-state index contributed by atoms with van der Waals surface area (Å²) < 4.78 is 26.3. The average Bonchev–Trinajstić information content (AvgIpc) is 2.52. The summed E-state index contributed by atoms with van der Waals surface area (Å²) in [6.45, 7) is 6.99. The fourth-order valence-corrected chi connectivity index (χ4v) is 4.11. The number of sulfonamides is 1. The normalized spacial score (nSPS) is 12.0. The standard InChI is InChI=1S/C18H31NO2S/c1-4-7-8-9-10-11-12-17-13-15-18(16-14-17)22(20,21)19(5-2)6-3/h13-16H,4-12H2,1-3H3. The van der Waals surface area contributed by atoms with Crippen LogP contribution < -0.4 is 0 Å². The topological polar surface area (TPSA) is 37.4 Å². The molecule has 0 aliphatic rings. The smallest absolute Gasteiger partial charge is 0.207 e. The van der Waals surface area contributed by atoms with Gasteiger partial charge in [-0.25, -0.2) is 8.42 Å². The number of nitrogens with zero attached hydrogens (tertiary/aromatic N) is 1. The maximum atomic E-state index is 12.4. The monoisotopic (exact) mass is 325 g/mol. The van der Waals surface area contributed by atoms with E-state index >= 15 is 0 Å². The van der Waals surface area contributed by atoms with Crippen molar-refractivity contribution < 1.29 is 8.42 Å². The summed E-state index contributed by atoms with van der Waals surface area (Å²) >= 11 is 0. The quantitative estimate of drug-likeness (QED) is 0.557. The molecule has 0 fully saturated rings. The van der Waals surface area contributed by atoms with Gasteiger partial charge in [-0.3, -0.25) is 0 Å². The number of aryl methyl sites for hydroxylation is 1. The van der Waals surface area contributed by atoms with E-state index in [9.17, 15) is 8.42 Å². The molecule has 22 heavy (non-hydrogen) atoms. The zero-order chi connectivity index (χ0) is 16.4. The molecule has 0 heterocycles. The van der Waals surface area contributed by atoms with Crippen LogP contribution in [0.2, 0.25) is 0 Å². The van der Waals surface area contributed by atoms with Gasteiger partial charge in [0.25, 0.3) is 0 Å². The second-order valence-corrected chi connectivity index (χ2v) is 7.69. The number of unbranched alkanes of at least 4 members (excludes halogenated alkanes) is 5. The lowest BCUT2D eigenvalue weighted by Crippen LogP contribution is -2.30. The second kappa shape index (κ2) is 10.0. The number of hydrogen-bond acceptors (Lipinski definition) is 2. The molecular weight excluding hydrogens is 294 g/mol. The van der Waals surface area contributed by atoms with Crippen LogP contribution in [0.4, 0.5) is 0 Å². The van der Waals surface area contributed by atoms with E-state index in [1.165, 1.54) is 48.4 Å². The van der Waals surface area contributed by atoms with Crippen molar-refractivity contribution in [3.8, 4) is 0 Å². The fraction of sp³-hybridized carbons (Fsp3) is 0.667. The van der Waals surface area contributed by atoms with Gasteiger partial charge in [0.15, 0.2) is 0 Å². The van der Waals surface area contributed by atoms with E-state index in [1.54, 1.807) is 12.1 Å². The van der Waals surface area contributed by atoms with Crippen LogP contribution in [0.15, 0.2) is 29.2 Å². The van der Waals surface area contributed by atoms with E-state index in [-0.39, 0.29) is 0 Å². The molecule has 0 saturated carbocycles. The predicted octanol–water partition coefficient (Wildman–Crippen LogP) is 4.62. The van der Waals surface area contributed by atoms with Crippen molar-refractivity contribution in [2.75, 3.05) is 13.1 Å². The Morgan fingerprint density at radius 3 is 1.91 bits per heavy atom. The summed E-state index contributed by atoms with van der Waals surface area (Å²) in [6, 6.07) is 7.42. The van der Waals surface area contributed by atoms with Gasteiger partial charge in [-0.15, -0.1) is 0 Å². The van der Waals surface area contributed by atoms with Gasteiger partial charge in [-0.1, -0.05) is 65.0 Å². The molecule has 4 heteroatoms. The van der Waals surface area contributed by atoms with Gasteiger partial charge in [0.1, 0.15) is 0 Å². The first-order chi connectivity index (χ1) is 10.6. The molecule has 0 unspecified atom stereocenters. The first kappa shape index (κ1) is 19.2. The Kier molecular flexibility index (Phi) is 8.72. The Morgan fingerprint density at radius 2 is 1.36 bits per heavy atom. The third-order valence-electron chi connectivity index (χ3n) is 4.09. The van der Waals surface area contributed by atoms with Crippen molar-refractivity contribution in [3.05, 3.63) is 29.8 Å². The van der Waals surface area contributed by atoms with E-state index in [4.69, 9.17) is 0 Å². The zero-order valence-corrected chi connectivity index (χ0v) is 15.2. The highest BCUT2D eigenvalue weighted by Crippen LogP contribution is 2.17. The van der Waals surface area contributed by atoms with Crippen LogP contribution in [0.5, 0.6) is 0 Å². The molecular formula is C18H31NO2S. The minimum absolute atomic E-state index is 0.405. The van der Waals surface area contributed by atoms with Crippen LogP contribution in [0, 0.1) is 0 Å². The molecule has 0 aliphatic heterocycles. The Balaban J connectivity index is 2.53. The molecule has 3 nitrogen and oxygen atoms in total. The molecule has 0 amide bonds. The Labute approximate surface area is 136 Å². The van der Waals surface area contributed by atoms with E-state index in [0.29, 0.717) is 18.0 Å². The van der Waals surface area contributed by atoms with E-state index in [0.717, 1.165) is 6.42 Å². The SMILES string of the molecule is CCCCCCCCc1ccc(S(=O)(=O)N(CC)CC)cc1. The zero-order valence-electron chi connectivity index (χ0n) is 14.3. The molecule has 126 valence electrons. The van der Waals surface area contributed by atoms with Crippen LogP contribution in [0.3, 0.4) is 0 Å². The molecule has 0 saturated heterocycles. The first-order valence-corrected chi connectivity index (χ1v) is 10.1. The number of rotatable bonds is 11. The third kappa shape index (κ3) is 5.73. The lowest BCUT2D eigenvalue weighted by atomic mass is 10.1. The van der Waals surface area contributed by atoms with Crippen LogP contribution in [-0.4, -0.2) is 25.8 Å². The molecule has 0 radical (unpaired) electrons. The number of hydrogen-bond donors (Lipinski definition) is 0. The van der Waals surface area contributed by atoms with Crippen LogP contribution in [0.25, 0.3) is 0 Å². The van der Waals surface area contributed by atoms with Gasteiger partial charge in [0.2, 0.25) is 10.0 Å². The summed E-state index contributed by atoms with van der Waals surface area (Å²) in [4.78, 5) is 0.405. The van der Waals surface area contributed by atoms with Crippen molar-refractivity contribution >= 4 is 10.0 Å². The minimum atomic E-state index is -3.32. The summed E-state index contributed by atoms with van der Waals surface area (Å²) in [5.74, 6) is 0. The van der Waals surface area contributed by atoms with Crippen molar-refractivity contribution in [2.45, 2.75) is 70.6 Å². The maximum Gasteiger partial charge on any atom is 0.243 e. The van der Waals surface area contributed by atoms with Gasteiger partial charge in [0.05, 0.1) is 4.90 Å². The van der Waals surface area contributed by atoms with Gasteiger partial charge >= 0.3 is 0 Å². The van der Waals surface area contributed by atoms with Crippen molar-refractivity contribution in [1.29, 1.82) is 0 Å². The third-order valence-corrected chi connectivity index (χ3v) is 6.15. The summed E-state index contributed by atoms with van der Waals surface area (Å²) in [5, 5.41) is 0. The fourth-order valence-electron chi connectivity index (χ4n) is 2.65. The first-order valence-electron chi connectivity index (χ1n) is 8.65. The summed E-state index contributed by atoms with van der Waals surface area (Å²) in [7, 11) is -3.32. The van der Waals surface area contributed by atoms with Crippen LogP contribution in [0.1, 0.15) is 64.9 Å². The lowest BCUT2D eigenvalue weighted by molar-refractivity contribution is 0.445. The molecule has 1 aromatic carbocycles. The van der Waals surface area contributed by atoms with Crippen molar-refractivity contribution in [2.24, 2.45) is 0 Å². The largest absolute Gasteiger partial charge is 0.243 e.